The van der Waals surface area contributed by atoms with E-state index in [0.29, 0.717) is 16.0 Å². The van der Waals surface area contributed by atoms with Gasteiger partial charge >= 0.3 is 5.97 Å². The molecule has 0 aromatic carbocycles. The summed E-state index contributed by atoms with van der Waals surface area (Å²) in [5.74, 6) is -1.36. The first-order valence-corrected chi connectivity index (χ1v) is 6.83. The first-order valence-electron chi connectivity index (χ1n) is 5.03. The summed E-state index contributed by atoms with van der Waals surface area (Å²) >= 11 is 2.34. The summed E-state index contributed by atoms with van der Waals surface area (Å²) in [6.07, 6.45) is 0. The third-order valence-corrected chi connectivity index (χ3v) is 4.07. The lowest BCUT2D eigenvalue weighted by atomic mass is 9.93. The molecule has 4 N–H and O–H groups in total. The molecule has 0 bridgehead atoms. The van der Waals surface area contributed by atoms with E-state index in [4.69, 9.17) is 10.8 Å². The van der Waals surface area contributed by atoms with Gasteiger partial charge in [0, 0.05) is 6.54 Å². The predicted octanol–water partition coefficient (Wildman–Crippen LogP) is 0.638. The summed E-state index contributed by atoms with van der Waals surface area (Å²) in [4.78, 5) is 21.5. The van der Waals surface area contributed by atoms with Crippen molar-refractivity contribution in [2.24, 2.45) is 11.1 Å². The van der Waals surface area contributed by atoms with Gasteiger partial charge in [-0.25, -0.2) is 0 Å². The molecule has 1 heterocycles. The van der Waals surface area contributed by atoms with Crippen LogP contribution in [0.1, 0.15) is 13.8 Å². The van der Waals surface area contributed by atoms with Crippen LogP contribution in [0.5, 0.6) is 0 Å². The number of rotatable bonds is 7. The summed E-state index contributed by atoms with van der Waals surface area (Å²) in [6, 6.07) is 0. The lowest BCUT2D eigenvalue weighted by Gasteiger charge is -2.19. The number of hydrogen-bond donors (Lipinski definition) is 3. The maximum atomic E-state index is 11.1. The Kier molecular flexibility index (Phi) is 4.91. The molecule has 0 aliphatic heterocycles. The van der Waals surface area contributed by atoms with E-state index in [1.807, 2.05) is 0 Å². The van der Waals surface area contributed by atoms with E-state index in [9.17, 15) is 9.59 Å². The smallest absolute Gasteiger partial charge is 0.313 e. The number of carboxylic acids is 1. The Balaban J connectivity index is 2.49. The summed E-state index contributed by atoms with van der Waals surface area (Å²) in [6.45, 7) is 3.80. The van der Waals surface area contributed by atoms with Gasteiger partial charge in [-0.2, -0.15) is 0 Å². The lowest BCUT2D eigenvalue weighted by molar-refractivity contribution is -0.134. The van der Waals surface area contributed by atoms with E-state index < -0.39 is 17.3 Å². The van der Waals surface area contributed by atoms with Crippen LogP contribution < -0.4 is 11.1 Å². The van der Waals surface area contributed by atoms with Gasteiger partial charge < -0.3 is 16.2 Å². The fraction of sp³-hybridized carbons (Fsp3) is 0.556. The van der Waals surface area contributed by atoms with Crippen LogP contribution in [0.25, 0.3) is 0 Å². The molecular weight excluding hydrogens is 276 g/mol. The van der Waals surface area contributed by atoms with Crippen LogP contribution in [-0.4, -0.2) is 39.5 Å². The van der Waals surface area contributed by atoms with Gasteiger partial charge in [0.2, 0.25) is 11.0 Å². The van der Waals surface area contributed by atoms with Crippen molar-refractivity contribution in [3.05, 3.63) is 0 Å². The van der Waals surface area contributed by atoms with Crippen molar-refractivity contribution in [2.75, 3.05) is 17.6 Å². The van der Waals surface area contributed by atoms with E-state index in [-0.39, 0.29) is 5.75 Å². The highest BCUT2D eigenvalue weighted by molar-refractivity contribution is 8.01. The SMILES string of the molecule is CC(C)(CNc1nnc(SCC(=O)O)s1)C(N)=O. The van der Waals surface area contributed by atoms with Gasteiger partial charge in [0.1, 0.15) is 0 Å². The number of carbonyl (C=O) groups is 2. The first kappa shape index (κ1) is 14.7. The zero-order chi connectivity index (χ0) is 13.8. The number of thioether (sulfide) groups is 1. The molecule has 1 rings (SSSR count). The number of carbonyl (C=O) groups excluding carboxylic acids is 1. The number of aromatic nitrogens is 2. The largest absolute Gasteiger partial charge is 0.481 e. The van der Waals surface area contributed by atoms with Crippen molar-refractivity contribution < 1.29 is 14.7 Å². The van der Waals surface area contributed by atoms with E-state index in [0.717, 1.165) is 11.8 Å². The second-order valence-electron chi connectivity index (χ2n) is 4.16. The average Bonchev–Trinajstić information content (AvgIpc) is 2.71. The van der Waals surface area contributed by atoms with Crippen LogP contribution in [0.15, 0.2) is 4.34 Å². The minimum atomic E-state index is -0.903. The molecule has 0 aliphatic rings. The zero-order valence-corrected chi connectivity index (χ0v) is 11.6. The normalized spacial score (nSPS) is 11.2. The predicted molar refractivity (Wildman–Crippen MR) is 69.7 cm³/mol. The molecule has 0 radical (unpaired) electrons. The van der Waals surface area contributed by atoms with Gasteiger partial charge in [0.25, 0.3) is 0 Å². The number of amides is 1. The number of nitrogens with zero attached hydrogens (tertiary/aromatic N) is 2. The number of primary amides is 1. The second-order valence-corrected chi connectivity index (χ2v) is 6.36. The molecule has 0 atom stereocenters. The van der Waals surface area contributed by atoms with E-state index in [1.165, 1.54) is 11.3 Å². The van der Waals surface area contributed by atoms with Crippen LogP contribution in [0.2, 0.25) is 0 Å². The average molecular weight is 290 g/mol. The standard InChI is InChI=1S/C9H14N4O3S2/c1-9(2,6(10)16)4-11-7-12-13-8(18-7)17-3-5(14)15/h3-4H2,1-2H3,(H2,10,16)(H,11,12)(H,14,15). The fourth-order valence-electron chi connectivity index (χ4n) is 0.847. The minimum Gasteiger partial charge on any atom is -0.481 e. The Bertz CT molecular complexity index is 447. The third-order valence-electron chi connectivity index (χ3n) is 2.07. The van der Waals surface area contributed by atoms with Crippen molar-refractivity contribution in [2.45, 2.75) is 18.2 Å². The molecule has 18 heavy (non-hydrogen) atoms. The third kappa shape index (κ3) is 4.49. The summed E-state index contributed by atoms with van der Waals surface area (Å²) in [5.41, 5.74) is 4.56. The van der Waals surface area contributed by atoms with Gasteiger partial charge in [-0.1, -0.05) is 23.1 Å². The van der Waals surface area contributed by atoms with Crippen molar-refractivity contribution in [1.82, 2.24) is 10.2 Å². The van der Waals surface area contributed by atoms with Gasteiger partial charge in [-0.05, 0) is 13.8 Å². The number of nitrogens with two attached hydrogens (primary N) is 1. The van der Waals surface area contributed by atoms with E-state index in [2.05, 4.69) is 15.5 Å². The Morgan fingerprint density at radius 2 is 2.17 bits per heavy atom. The first-order chi connectivity index (χ1) is 8.31. The molecule has 1 aromatic heterocycles. The Morgan fingerprint density at radius 1 is 1.50 bits per heavy atom. The Hall–Kier alpha value is -1.35. The van der Waals surface area contributed by atoms with Gasteiger partial charge in [-0.3, -0.25) is 9.59 Å². The highest BCUT2D eigenvalue weighted by atomic mass is 32.2. The van der Waals surface area contributed by atoms with Gasteiger partial charge in [0.15, 0.2) is 4.34 Å². The topological polar surface area (TPSA) is 118 Å². The molecule has 100 valence electrons. The Labute approximate surface area is 112 Å². The van der Waals surface area contributed by atoms with Crippen LogP contribution in [0.3, 0.4) is 0 Å². The fourth-order valence-corrected chi connectivity index (χ4v) is 2.31. The van der Waals surface area contributed by atoms with Crippen molar-refractivity contribution in [3.63, 3.8) is 0 Å². The molecule has 0 saturated carbocycles. The molecule has 0 spiro atoms. The summed E-state index contributed by atoms with van der Waals surface area (Å²) in [7, 11) is 0. The number of hydrogen-bond acceptors (Lipinski definition) is 7. The van der Waals surface area contributed by atoms with E-state index in [1.54, 1.807) is 13.8 Å². The maximum absolute atomic E-state index is 11.1. The lowest BCUT2D eigenvalue weighted by Crippen LogP contribution is -2.37. The Morgan fingerprint density at radius 3 is 2.72 bits per heavy atom. The highest BCUT2D eigenvalue weighted by Crippen LogP contribution is 2.26. The quantitative estimate of drug-likeness (QED) is 0.630. The second kappa shape index (κ2) is 6.01. The summed E-state index contributed by atoms with van der Waals surface area (Å²) < 4.78 is 0.566. The van der Waals surface area contributed by atoms with Gasteiger partial charge in [-0.15, -0.1) is 10.2 Å². The van der Waals surface area contributed by atoms with Crippen molar-refractivity contribution >= 4 is 40.1 Å². The van der Waals surface area contributed by atoms with Crippen molar-refractivity contribution in [3.8, 4) is 0 Å². The zero-order valence-electron chi connectivity index (χ0n) is 9.97. The van der Waals surface area contributed by atoms with Crippen LogP contribution in [0, 0.1) is 5.41 Å². The molecule has 1 amide bonds. The molecule has 7 nitrogen and oxygen atoms in total. The highest BCUT2D eigenvalue weighted by Gasteiger charge is 2.25. The molecule has 0 aliphatic carbocycles. The van der Waals surface area contributed by atoms with Crippen LogP contribution in [0.4, 0.5) is 5.13 Å². The molecule has 1 aromatic rings. The molecule has 0 saturated heterocycles. The number of carboxylic acid groups (broad SMARTS) is 1. The van der Waals surface area contributed by atoms with Crippen LogP contribution in [-0.2, 0) is 9.59 Å². The molecular formula is C9H14N4O3S2. The van der Waals surface area contributed by atoms with Crippen molar-refractivity contribution in [1.29, 1.82) is 0 Å². The number of nitrogens with one attached hydrogen (secondary N) is 1. The monoisotopic (exact) mass is 290 g/mol. The molecule has 0 unspecified atom stereocenters. The van der Waals surface area contributed by atoms with E-state index >= 15 is 0 Å². The number of anilines is 1. The summed E-state index contributed by atoms with van der Waals surface area (Å²) in [5, 5.41) is 19.7. The maximum Gasteiger partial charge on any atom is 0.313 e. The molecule has 9 heteroatoms. The van der Waals surface area contributed by atoms with Crippen LogP contribution >= 0.6 is 23.1 Å². The number of aliphatic carboxylic acids is 1. The minimum absolute atomic E-state index is 0.0542. The molecule has 0 fully saturated rings. The van der Waals surface area contributed by atoms with Gasteiger partial charge in [0.05, 0.1) is 11.2 Å².